The molecule has 2 aromatic heterocycles. The van der Waals surface area contributed by atoms with Gasteiger partial charge in [-0.25, -0.2) is 0 Å². The second-order valence-electron chi connectivity index (χ2n) is 2.87. The normalized spacial score (nSPS) is 10.9. The standard InChI is InChI=1S/C10H9N3S/c1-8-3-2-4-9(11-8)5-6-10-7-14-13-12-10/h2-7H,1H3/b6-5+. The molecule has 4 heteroatoms. The van der Waals surface area contributed by atoms with Gasteiger partial charge in [0.25, 0.3) is 0 Å². The van der Waals surface area contributed by atoms with E-state index < -0.39 is 0 Å². The monoisotopic (exact) mass is 203 g/mol. The largest absolute Gasteiger partial charge is 0.254 e. The highest BCUT2D eigenvalue weighted by molar-refractivity contribution is 7.03. The molecule has 2 aromatic rings. The van der Waals surface area contributed by atoms with Crippen LogP contribution in [0.1, 0.15) is 17.1 Å². The van der Waals surface area contributed by atoms with Gasteiger partial charge in [-0.2, -0.15) is 0 Å². The highest BCUT2D eigenvalue weighted by Gasteiger charge is 1.91. The van der Waals surface area contributed by atoms with Crippen LogP contribution in [-0.4, -0.2) is 14.6 Å². The summed E-state index contributed by atoms with van der Waals surface area (Å²) in [5.74, 6) is 0. The van der Waals surface area contributed by atoms with Crippen LogP contribution in [-0.2, 0) is 0 Å². The lowest BCUT2D eigenvalue weighted by atomic mass is 10.3. The summed E-state index contributed by atoms with van der Waals surface area (Å²) in [7, 11) is 0. The minimum Gasteiger partial charge on any atom is -0.254 e. The van der Waals surface area contributed by atoms with Crippen LogP contribution in [0.3, 0.4) is 0 Å². The quantitative estimate of drug-likeness (QED) is 0.752. The lowest BCUT2D eigenvalue weighted by Crippen LogP contribution is -1.83. The molecule has 0 spiro atoms. The number of aromatic nitrogens is 3. The van der Waals surface area contributed by atoms with Crippen LogP contribution in [0.5, 0.6) is 0 Å². The number of hydrogen-bond acceptors (Lipinski definition) is 4. The molecule has 0 fully saturated rings. The Morgan fingerprint density at radius 2 is 2.07 bits per heavy atom. The summed E-state index contributed by atoms with van der Waals surface area (Å²) >= 11 is 1.35. The zero-order valence-electron chi connectivity index (χ0n) is 7.71. The molecule has 0 saturated carbocycles. The van der Waals surface area contributed by atoms with Gasteiger partial charge in [0, 0.05) is 11.1 Å². The number of rotatable bonds is 2. The molecule has 0 atom stereocenters. The van der Waals surface area contributed by atoms with Crippen molar-refractivity contribution in [1.29, 1.82) is 0 Å². The first-order chi connectivity index (χ1) is 6.84. The van der Waals surface area contributed by atoms with Crippen molar-refractivity contribution in [2.24, 2.45) is 0 Å². The topological polar surface area (TPSA) is 38.7 Å². The van der Waals surface area contributed by atoms with Crippen molar-refractivity contribution in [2.45, 2.75) is 6.92 Å². The Kier molecular flexibility index (Phi) is 2.65. The molecule has 0 saturated heterocycles. The molecule has 0 aliphatic carbocycles. The molecule has 14 heavy (non-hydrogen) atoms. The maximum absolute atomic E-state index is 4.34. The van der Waals surface area contributed by atoms with E-state index in [9.17, 15) is 0 Å². The summed E-state index contributed by atoms with van der Waals surface area (Å²) in [5, 5.41) is 5.80. The highest BCUT2D eigenvalue weighted by Crippen LogP contribution is 2.05. The second-order valence-corrected chi connectivity index (χ2v) is 3.48. The van der Waals surface area contributed by atoms with Crippen molar-refractivity contribution >= 4 is 23.7 Å². The predicted molar refractivity (Wildman–Crippen MR) is 57.8 cm³/mol. The van der Waals surface area contributed by atoms with E-state index in [4.69, 9.17) is 0 Å². The van der Waals surface area contributed by atoms with Crippen molar-refractivity contribution in [1.82, 2.24) is 14.6 Å². The molecule has 0 aromatic carbocycles. The first-order valence-corrected chi connectivity index (χ1v) is 5.07. The van der Waals surface area contributed by atoms with Gasteiger partial charge in [0.15, 0.2) is 0 Å². The Hall–Kier alpha value is -1.55. The zero-order chi connectivity index (χ0) is 9.80. The van der Waals surface area contributed by atoms with Crippen molar-refractivity contribution < 1.29 is 0 Å². The lowest BCUT2D eigenvalue weighted by Gasteiger charge is -1.93. The molecule has 2 rings (SSSR count). The van der Waals surface area contributed by atoms with E-state index >= 15 is 0 Å². The number of hydrogen-bond donors (Lipinski definition) is 0. The molecule has 2 heterocycles. The Bertz CT molecular complexity index is 434. The van der Waals surface area contributed by atoms with Crippen molar-refractivity contribution in [3.05, 3.63) is 40.7 Å². The summed E-state index contributed by atoms with van der Waals surface area (Å²) < 4.78 is 3.77. The van der Waals surface area contributed by atoms with Gasteiger partial charge in [0.05, 0.1) is 11.4 Å². The van der Waals surface area contributed by atoms with Crippen LogP contribution in [0, 0.1) is 6.92 Å². The van der Waals surface area contributed by atoms with E-state index in [1.807, 2.05) is 42.7 Å². The fourth-order valence-corrected chi connectivity index (χ4v) is 1.49. The summed E-state index contributed by atoms with van der Waals surface area (Å²) in [4.78, 5) is 4.34. The Labute approximate surface area is 86.3 Å². The van der Waals surface area contributed by atoms with Gasteiger partial charge in [-0.15, -0.1) is 5.10 Å². The van der Waals surface area contributed by atoms with Crippen LogP contribution < -0.4 is 0 Å². The van der Waals surface area contributed by atoms with E-state index in [-0.39, 0.29) is 0 Å². The molecule has 0 bridgehead atoms. The third-order valence-electron chi connectivity index (χ3n) is 1.71. The average molecular weight is 203 g/mol. The predicted octanol–water partition coefficient (Wildman–Crippen LogP) is 2.41. The summed E-state index contributed by atoms with van der Waals surface area (Å²) in [6, 6.07) is 5.92. The van der Waals surface area contributed by atoms with Gasteiger partial charge in [0.2, 0.25) is 0 Å². The van der Waals surface area contributed by atoms with E-state index in [1.165, 1.54) is 11.5 Å². The van der Waals surface area contributed by atoms with Crippen molar-refractivity contribution in [2.75, 3.05) is 0 Å². The highest BCUT2D eigenvalue weighted by atomic mass is 32.1. The van der Waals surface area contributed by atoms with Crippen LogP contribution in [0.25, 0.3) is 12.2 Å². The smallest absolute Gasteiger partial charge is 0.0982 e. The van der Waals surface area contributed by atoms with Gasteiger partial charge in [-0.1, -0.05) is 10.6 Å². The third kappa shape index (κ3) is 2.23. The Balaban J connectivity index is 2.18. The molecule has 0 N–H and O–H groups in total. The first kappa shape index (κ1) is 9.02. The first-order valence-electron chi connectivity index (χ1n) is 4.23. The molecule has 0 unspecified atom stereocenters. The Morgan fingerprint density at radius 3 is 2.79 bits per heavy atom. The second kappa shape index (κ2) is 4.11. The molecule has 3 nitrogen and oxygen atoms in total. The molecule has 0 aliphatic heterocycles. The maximum Gasteiger partial charge on any atom is 0.0982 e. The molecular formula is C10H9N3S. The van der Waals surface area contributed by atoms with Crippen molar-refractivity contribution in [3.63, 3.8) is 0 Å². The molecular weight excluding hydrogens is 194 g/mol. The van der Waals surface area contributed by atoms with Gasteiger partial charge in [-0.3, -0.25) is 4.98 Å². The van der Waals surface area contributed by atoms with E-state index in [0.29, 0.717) is 0 Å². The SMILES string of the molecule is Cc1cccc(/C=C/c2csnn2)n1. The number of aryl methyl sites for hydroxylation is 1. The zero-order valence-corrected chi connectivity index (χ0v) is 8.53. The van der Waals surface area contributed by atoms with Gasteiger partial charge >= 0.3 is 0 Å². The molecule has 70 valence electrons. The summed E-state index contributed by atoms with van der Waals surface area (Å²) in [5.41, 5.74) is 2.83. The van der Waals surface area contributed by atoms with E-state index in [2.05, 4.69) is 14.6 Å². The van der Waals surface area contributed by atoms with Gasteiger partial charge in [-0.05, 0) is 42.7 Å². The molecule has 0 amide bonds. The number of nitrogens with zero attached hydrogens (tertiary/aromatic N) is 3. The van der Waals surface area contributed by atoms with Gasteiger partial charge < -0.3 is 0 Å². The number of pyridine rings is 1. The van der Waals surface area contributed by atoms with Gasteiger partial charge in [0.1, 0.15) is 0 Å². The third-order valence-corrected chi connectivity index (χ3v) is 2.23. The molecule has 0 radical (unpaired) electrons. The van der Waals surface area contributed by atoms with E-state index in [0.717, 1.165) is 17.1 Å². The Morgan fingerprint density at radius 1 is 1.21 bits per heavy atom. The van der Waals surface area contributed by atoms with Crippen LogP contribution >= 0.6 is 11.5 Å². The van der Waals surface area contributed by atoms with Crippen LogP contribution in [0.15, 0.2) is 23.6 Å². The fourth-order valence-electron chi connectivity index (χ4n) is 1.07. The van der Waals surface area contributed by atoms with Crippen molar-refractivity contribution in [3.8, 4) is 0 Å². The average Bonchev–Trinajstić information content (AvgIpc) is 2.67. The van der Waals surface area contributed by atoms with E-state index in [1.54, 1.807) is 0 Å². The molecule has 0 aliphatic rings. The fraction of sp³-hybridized carbons (Fsp3) is 0.100. The summed E-state index contributed by atoms with van der Waals surface area (Å²) in [6.45, 7) is 1.97. The minimum atomic E-state index is 0.873. The van der Waals surface area contributed by atoms with Crippen LogP contribution in [0.2, 0.25) is 0 Å². The van der Waals surface area contributed by atoms with Crippen LogP contribution in [0.4, 0.5) is 0 Å². The summed E-state index contributed by atoms with van der Waals surface area (Å²) in [6.07, 6.45) is 3.84. The lowest BCUT2D eigenvalue weighted by molar-refractivity contribution is 1.14. The minimum absolute atomic E-state index is 0.873. The maximum atomic E-state index is 4.34.